The number of amides is 1. The molecule has 1 aliphatic rings. The van der Waals surface area contributed by atoms with Crippen LogP contribution in [-0.4, -0.2) is 12.1 Å². The highest BCUT2D eigenvalue weighted by atomic mass is 79.9. The summed E-state index contributed by atoms with van der Waals surface area (Å²) >= 11 is 3.68. The molecule has 0 fully saturated rings. The number of benzene rings is 3. The Balaban J connectivity index is 1.62. The molecule has 0 unspecified atom stereocenters. The van der Waals surface area contributed by atoms with E-state index in [9.17, 15) is 4.79 Å². The second-order valence-corrected chi connectivity index (χ2v) is 7.62. The van der Waals surface area contributed by atoms with E-state index in [1.165, 1.54) is 0 Å². The Hall–Kier alpha value is -3.11. The van der Waals surface area contributed by atoms with Crippen molar-refractivity contribution in [2.75, 3.05) is 4.90 Å². The van der Waals surface area contributed by atoms with Crippen LogP contribution < -0.4 is 9.64 Å². The van der Waals surface area contributed by atoms with Crippen LogP contribution in [0.15, 0.2) is 95.5 Å². The number of carbonyl (C=O) groups is 1. The number of ether oxygens (including phenoxy) is 1. The number of rotatable bonds is 4. The Bertz CT molecular complexity index is 1040. The molecule has 4 heteroatoms. The van der Waals surface area contributed by atoms with Crippen LogP contribution in [0, 0.1) is 0 Å². The minimum absolute atomic E-state index is 0.180. The number of carbonyl (C=O) groups excluding carboxylic acids is 1. The van der Waals surface area contributed by atoms with Crippen molar-refractivity contribution in [2.45, 2.75) is 12.5 Å². The summed E-state index contributed by atoms with van der Waals surface area (Å²) in [6.45, 7) is 0. The van der Waals surface area contributed by atoms with Gasteiger partial charge in [0.25, 0.3) is 0 Å². The molecule has 1 atom stereocenters. The third-order valence-corrected chi connectivity index (χ3v) is 5.49. The van der Waals surface area contributed by atoms with Crippen molar-refractivity contribution in [2.24, 2.45) is 0 Å². The fourth-order valence-electron chi connectivity index (χ4n) is 3.34. The summed E-state index contributed by atoms with van der Waals surface area (Å²) in [6, 6.07) is 26.9. The molecule has 4 rings (SSSR count). The molecule has 0 saturated carbocycles. The molecule has 0 bridgehead atoms. The molecule has 0 aliphatic carbocycles. The predicted octanol–water partition coefficient (Wildman–Crippen LogP) is 6.91. The first-order valence-electron chi connectivity index (χ1n) is 9.46. The highest BCUT2D eigenvalue weighted by molar-refractivity contribution is 9.11. The fourth-order valence-corrected chi connectivity index (χ4v) is 3.98. The smallest absolute Gasteiger partial charge is 0.410 e. The van der Waals surface area contributed by atoms with Crippen molar-refractivity contribution in [3.05, 3.63) is 107 Å². The Morgan fingerprint density at radius 1 is 0.931 bits per heavy atom. The average Bonchev–Trinajstić information content (AvgIpc) is 2.75. The van der Waals surface area contributed by atoms with Crippen molar-refractivity contribution in [1.29, 1.82) is 0 Å². The fraction of sp³-hybridized carbons (Fsp3) is 0.0800. The van der Waals surface area contributed by atoms with Gasteiger partial charge in [-0.3, -0.25) is 4.90 Å². The topological polar surface area (TPSA) is 29.5 Å². The summed E-state index contributed by atoms with van der Waals surface area (Å²) in [5.41, 5.74) is 2.95. The molecule has 0 radical (unpaired) electrons. The molecule has 0 aromatic heterocycles. The van der Waals surface area contributed by atoms with Crippen molar-refractivity contribution in [3.8, 4) is 5.75 Å². The Morgan fingerprint density at radius 3 is 2.34 bits per heavy atom. The van der Waals surface area contributed by atoms with Gasteiger partial charge in [-0.2, -0.15) is 0 Å². The molecule has 3 nitrogen and oxygen atoms in total. The van der Waals surface area contributed by atoms with Crippen molar-refractivity contribution >= 4 is 39.9 Å². The molecule has 1 aliphatic heterocycles. The summed E-state index contributed by atoms with van der Waals surface area (Å²) in [4.78, 5) is 14.9. The van der Waals surface area contributed by atoms with E-state index in [1.54, 1.807) is 17.0 Å². The SMILES string of the molecule is O=C(Oc1ccccc1)N1c2ccccc2C=C(Br)[C@@H]1C/C=C/c1ccccc1. The molecule has 3 aromatic rings. The molecule has 29 heavy (non-hydrogen) atoms. The second-order valence-electron chi connectivity index (χ2n) is 6.70. The summed E-state index contributed by atoms with van der Waals surface area (Å²) in [7, 11) is 0. The molecule has 1 heterocycles. The molecule has 0 spiro atoms. The number of fused-ring (bicyclic) bond motifs is 1. The monoisotopic (exact) mass is 445 g/mol. The summed E-state index contributed by atoms with van der Waals surface area (Å²) in [5.74, 6) is 0.527. The van der Waals surface area contributed by atoms with Gasteiger partial charge < -0.3 is 4.74 Å². The van der Waals surface area contributed by atoms with Crippen LogP contribution in [0.2, 0.25) is 0 Å². The molecule has 0 N–H and O–H groups in total. The summed E-state index contributed by atoms with van der Waals surface area (Å²) < 4.78 is 6.61. The van der Waals surface area contributed by atoms with Gasteiger partial charge in [0, 0.05) is 4.48 Å². The standard InChI is InChI=1S/C25H20BrNO2/c26-22-18-20-13-7-8-16-23(20)27(25(28)29-21-14-5-2-6-15-21)24(22)17-9-12-19-10-3-1-4-11-19/h1-16,18,24H,17H2/b12-9+/t24-/m0/s1. The highest BCUT2D eigenvalue weighted by Crippen LogP contribution is 2.37. The molecule has 3 aromatic carbocycles. The van der Waals surface area contributed by atoms with Crippen molar-refractivity contribution in [3.63, 3.8) is 0 Å². The van der Waals surface area contributed by atoms with Gasteiger partial charge in [0.2, 0.25) is 0 Å². The quantitative estimate of drug-likeness (QED) is 0.436. The minimum Gasteiger partial charge on any atom is -0.410 e. The molecule has 0 saturated heterocycles. The van der Waals surface area contributed by atoms with Gasteiger partial charge in [-0.25, -0.2) is 4.79 Å². The normalized spacial score (nSPS) is 15.7. The van der Waals surface area contributed by atoms with E-state index < -0.39 is 6.09 Å². The third kappa shape index (κ3) is 4.49. The Kier molecular flexibility index (Phi) is 5.92. The molecular weight excluding hydrogens is 426 g/mol. The zero-order chi connectivity index (χ0) is 20.1. The van der Waals surface area contributed by atoms with E-state index in [2.05, 4.69) is 46.3 Å². The van der Waals surface area contributed by atoms with Gasteiger partial charge in [-0.05, 0) is 41.8 Å². The van der Waals surface area contributed by atoms with Gasteiger partial charge in [-0.1, -0.05) is 94.8 Å². The zero-order valence-electron chi connectivity index (χ0n) is 15.7. The van der Waals surface area contributed by atoms with Crippen molar-refractivity contribution < 1.29 is 9.53 Å². The van der Waals surface area contributed by atoms with Crippen LogP contribution in [0.25, 0.3) is 12.2 Å². The lowest BCUT2D eigenvalue weighted by Gasteiger charge is -2.34. The maximum atomic E-state index is 13.2. The minimum atomic E-state index is -0.396. The van der Waals surface area contributed by atoms with Crippen LogP contribution >= 0.6 is 15.9 Å². The lowest BCUT2D eigenvalue weighted by atomic mass is 10.0. The molecule has 1 amide bonds. The number of anilines is 1. The maximum Gasteiger partial charge on any atom is 0.420 e. The van der Waals surface area contributed by atoms with Gasteiger partial charge in [0.05, 0.1) is 11.7 Å². The maximum absolute atomic E-state index is 13.2. The van der Waals surface area contributed by atoms with E-state index in [0.29, 0.717) is 12.2 Å². The first kappa shape index (κ1) is 19.2. The average molecular weight is 446 g/mol. The lowest BCUT2D eigenvalue weighted by Crippen LogP contribution is -2.44. The first-order valence-corrected chi connectivity index (χ1v) is 10.3. The summed E-state index contributed by atoms with van der Waals surface area (Å²) in [6.07, 6.45) is 6.49. The van der Waals surface area contributed by atoms with E-state index >= 15 is 0 Å². The van der Waals surface area contributed by atoms with Gasteiger partial charge in [0.1, 0.15) is 5.75 Å². The third-order valence-electron chi connectivity index (χ3n) is 4.73. The van der Waals surface area contributed by atoms with Crippen LogP contribution in [-0.2, 0) is 0 Å². The highest BCUT2D eigenvalue weighted by Gasteiger charge is 2.32. The largest absolute Gasteiger partial charge is 0.420 e. The number of hydrogen-bond donors (Lipinski definition) is 0. The Morgan fingerprint density at radius 2 is 1.59 bits per heavy atom. The first-order chi connectivity index (χ1) is 14.2. The van der Waals surface area contributed by atoms with Crippen molar-refractivity contribution in [1.82, 2.24) is 0 Å². The van der Waals surface area contributed by atoms with E-state index in [1.807, 2.05) is 60.7 Å². The second kappa shape index (κ2) is 8.93. The predicted molar refractivity (Wildman–Crippen MR) is 122 cm³/mol. The van der Waals surface area contributed by atoms with Crippen LogP contribution in [0.1, 0.15) is 17.5 Å². The van der Waals surface area contributed by atoms with Gasteiger partial charge >= 0.3 is 6.09 Å². The van der Waals surface area contributed by atoms with Crippen LogP contribution in [0.3, 0.4) is 0 Å². The Labute approximate surface area is 179 Å². The lowest BCUT2D eigenvalue weighted by molar-refractivity contribution is 0.206. The van der Waals surface area contributed by atoms with Gasteiger partial charge in [0.15, 0.2) is 0 Å². The summed E-state index contributed by atoms with van der Waals surface area (Å²) in [5, 5.41) is 0. The molecular formula is C25H20BrNO2. The number of hydrogen-bond acceptors (Lipinski definition) is 2. The number of para-hydroxylation sites is 2. The zero-order valence-corrected chi connectivity index (χ0v) is 17.3. The van der Waals surface area contributed by atoms with Crippen LogP contribution in [0.4, 0.5) is 10.5 Å². The van der Waals surface area contributed by atoms with E-state index in [4.69, 9.17) is 4.74 Å². The van der Waals surface area contributed by atoms with E-state index in [0.717, 1.165) is 21.3 Å². The number of nitrogens with zero attached hydrogens (tertiary/aromatic N) is 1. The number of halogens is 1. The van der Waals surface area contributed by atoms with E-state index in [-0.39, 0.29) is 6.04 Å². The van der Waals surface area contributed by atoms with Gasteiger partial charge in [-0.15, -0.1) is 0 Å². The van der Waals surface area contributed by atoms with Crippen LogP contribution in [0.5, 0.6) is 5.75 Å². The molecule has 144 valence electrons.